The summed E-state index contributed by atoms with van der Waals surface area (Å²) in [5.41, 5.74) is 6.73. The lowest BCUT2D eigenvalue weighted by atomic mass is 10.2. The molecule has 0 unspecified atom stereocenters. The predicted molar refractivity (Wildman–Crippen MR) is 54.6 cm³/mol. The summed E-state index contributed by atoms with van der Waals surface area (Å²) in [6.45, 7) is 3.71. The number of aryl methyl sites for hydroxylation is 1. The summed E-state index contributed by atoms with van der Waals surface area (Å²) in [4.78, 5) is 0. The Hall–Kier alpha value is -0.860. The largest absolute Gasteiger partial charge is 0.380 e. The van der Waals surface area contributed by atoms with E-state index in [4.69, 9.17) is 10.5 Å². The van der Waals surface area contributed by atoms with Crippen molar-refractivity contribution in [3.63, 3.8) is 0 Å². The Labute approximate surface area is 79.7 Å². The normalized spacial score (nSPS) is 20.6. The van der Waals surface area contributed by atoms with Crippen LogP contribution in [0.4, 0.5) is 0 Å². The van der Waals surface area contributed by atoms with Gasteiger partial charge in [-0.3, -0.25) is 0 Å². The average molecular weight is 179 g/mol. The van der Waals surface area contributed by atoms with Gasteiger partial charge in [0.15, 0.2) is 0 Å². The maximum Gasteiger partial charge on any atom is 0.0618 e. The predicted octanol–water partition coefficient (Wildman–Crippen LogP) is 1.73. The Balaban J connectivity index is 0.000000132. The highest BCUT2D eigenvalue weighted by atomic mass is 16.5. The van der Waals surface area contributed by atoms with E-state index in [1.807, 2.05) is 18.2 Å². The summed E-state index contributed by atoms with van der Waals surface area (Å²) in [7, 11) is 0. The van der Waals surface area contributed by atoms with E-state index in [9.17, 15) is 0 Å². The third kappa shape index (κ3) is 4.65. The van der Waals surface area contributed by atoms with Crippen molar-refractivity contribution < 1.29 is 4.74 Å². The lowest BCUT2D eigenvalue weighted by Crippen LogP contribution is -2.18. The Morgan fingerprint density at radius 3 is 2.23 bits per heavy atom. The highest BCUT2D eigenvalue weighted by Crippen LogP contribution is 1.98. The van der Waals surface area contributed by atoms with E-state index in [0.29, 0.717) is 6.04 Å². The molecule has 1 aliphatic rings. The van der Waals surface area contributed by atoms with Crippen molar-refractivity contribution in [1.29, 1.82) is 0 Å². The summed E-state index contributed by atoms with van der Waals surface area (Å²) in [6.07, 6.45) is 1.04. The highest BCUT2D eigenvalue weighted by molar-refractivity contribution is 5.11. The van der Waals surface area contributed by atoms with Gasteiger partial charge in [0.1, 0.15) is 0 Å². The fourth-order valence-corrected chi connectivity index (χ4v) is 1.09. The number of benzene rings is 1. The summed E-state index contributed by atoms with van der Waals surface area (Å²) >= 11 is 0. The molecule has 1 aromatic carbocycles. The minimum absolute atomic E-state index is 0.324. The van der Waals surface area contributed by atoms with E-state index in [0.717, 1.165) is 19.6 Å². The van der Waals surface area contributed by atoms with Crippen LogP contribution in [0.2, 0.25) is 0 Å². The van der Waals surface area contributed by atoms with Crippen LogP contribution in [0.15, 0.2) is 30.3 Å². The van der Waals surface area contributed by atoms with Crippen molar-refractivity contribution in [3.8, 4) is 0 Å². The number of ether oxygens (including phenoxy) is 1. The van der Waals surface area contributed by atoms with Crippen LogP contribution in [-0.2, 0) is 4.74 Å². The van der Waals surface area contributed by atoms with Crippen LogP contribution >= 0.6 is 0 Å². The minimum atomic E-state index is 0.324. The van der Waals surface area contributed by atoms with Crippen LogP contribution < -0.4 is 5.73 Å². The van der Waals surface area contributed by atoms with Crippen molar-refractivity contribution in [1.82, 2.24) is 0 Å². The molecule has 2 rings (SSSR count). The van der Waals surface area contributed by atoms with Gasteiger partial charge in [-0.05, 0) is 13.3 Å². The molecule has 2 nitrogen and oxygen atoms in total. The molecule has 1 fully saturated rings. The lowest BCUT2D eigenvalue weighted by Gasteiger charge is -1.90. The maximum atomic E-state index is 5.41. The van der Waals surface area contributed by atoms with Crippen LogP contribution in [-0.4, -0.2) is 19.3 Å². The van der Waals surface area contributed by atoms with Crippen LogP contribution in [0.1, 0.15) is 12.0 Å². The molecule has 1 saturated heterocycles. The Kier molecular flexibility index (Phi) is 4.50. The molecule has 1 aromatic rings. The van der Waals surface area contributed by atoms with Gasteiger partial charge in [-0.15, -0.1) is 0 Å². The summed E-state index contributed by atoms with van der Waals surface area (Å²) in [6, 6.07) is 10.6. The molecule has 2 N–H and O–H groups in total. The molecular weight excluding hydrogens is 162 g/mol. The van der Waals surface area contributed by atoms with Gasteiger partial charge in [-0.1, -0.05) is 35.9 Å². The van der Waals surface area contributed by atoms with Crippen LogP contribution in [0.3, 0.4) is 0 Å². The first-order valence-electron chi connectivity index (χ1n) is 4.64. The van der Waals surface area contributed by atoms with Crippen molar-refractivity contribution >= 4 is 0 Å². The van der Waals surface area contributed by atoms with Crippen molar-refractivity contribution in [2.45, 2.75) is 19.4 Å². The second-order valence-electron chi connectivity index (χ2n) is 3.28. The Morgan fingerprint density at radius 2 is 2.00 bits per heavy atom. The van der Waals surface area contributed by atoms with Crippen LogP contribution in [0.25, 0.3) is 0 Å². The van der Waals surface area contributed by atoms with Gasteiger partial charge in [-0.25, -0.2) is 0 Å². The third-order valence-corrected chi connectivity index (χ3v) is 1.91. The highest BCUT2D eigenvalue weighted by Gasteiger charge is 2.08. The van der Waals surface area contributed by atoms with Gasteiger partial charge >= 0.3 is 0 Å². The molecule has 0 aliphatic carbocycles. The minimum Gasteiger partial charge on any atom is -0.380 e. The molecule has 1 aliphatic heterocycles. The van der Waals surface area contributed by atoms with Crippen molar-refractivity contribution in [2.24, 2.45) is 5.73 Å². The van der Waals surface area contributed by atoms with E-state index in [1.54, 1.807) is 0 Å². The smallest absolute Gasteiger partial charge is 0.0618 e. The van der Waals surface area contributed by atoms with E-state index in [-0.39, 0.29) is 0 Å². The number of nitrogens with two attached hydrogens (primary N) is 1. The quantitative estimate of drug-likeness (QED) is 0.658. The Morgan fingerprint density at radius 1 is 1.31 bits per heavy atom. The molecule has 72 valence electrons. The zero-order valence-electron chi connectivity index (χ0n) is 8.07. The maximum absolute atomic E-state index is 5.41. The second kappa shape index (κ2) is 5.73. The first-order chi connectivity index (χ1) is 6.29. The molecule has 0 radical (unpaired) electrons. The zero-order valence-corrected chi connectivity index (χ0v) is 8.07. The third-order valence-electron chi connectivity index (χ3n) is 1.91. The molecule has 0 bridgehead atoms. The summed E-state index contributed by atoms with van der Waals surface area (Å²) in [5.74, 6) is 0. The van der Waals surface area contributed by atoms with Crippen molar-refractivity contribution in [2.75, 3.05) is 13.2 Å². The van der Waals surface area contributed by atoms with Gasteiger partial charge in [-0.2, -0.15) is 0 Å². The fraction of sp³-hybridized carbons (Fsp3) is 0.455. The van der Waals surface area contributed by atoms with E-state index >= 15 is 0 Å². The van der Waals surface area contributed by atoms with E-state index < -0.39 is 0 Å². The first kappa shape index (κ1) is 10.2. The molecule has 0 amide bonds. The van der Waals surface area contributed by atoms with Gasteiger partial charge in [0.2, 0.25) is 0 Å². The topological polar surface area (TPSA) is 35.2 Å². The lowest BCUT2D eigenvalue weighted by molar-refractivity contribution is 0.194. The molecule has 2 heteroatoms. The molecule has 0 spiro atoms. The van der Waals surface area contributed by atoms with Gasteiger partial charge in [0.25, 0.3) is 0 Å². The second-order valence-corrected chi connectivity index (χ2v) is 3.28. The molecule has 1 heterocycles. The monoisotopic (exact) mass is 179 g/mol. The van der Waals surface area contributed by atoms with Gasteiger partial charge in [0, 0.05) is 12.6 Å². The molecule has 0 aromatic heterocycles. The average Bonchev–Trinajstić information content (AvgIpc) is 2.58. The number of rotatable bonds is 0. The van der Waals surface area contributed by atoms with Crippen LogP contribution in [0, 0.1) is 6.92 Å². The molecule has 13 heavy (non-hydrogen) atoms. The van der Waals surface area contributed by atoms with Gasteiger partial charge in [0.05, 0.1) is 6.61 Å². The molecule has 0 saturated carbocycles. The van der Waals surface area contributed by atoms with Crippen LogP contribution in [0.5, 0.6) is 0 Å². The fourth-order valence-electron chi connectivity index (χ4n) is 1.09. The molecular formula is C11H17NO. The summed E-state index contributed by atoms with van der Waals surface area (Å²) < 4.78 is 4.93. The van der Waals surface area contributed by atoms with E-state index in [2.05, 4.69) is 19.1 Å². The van der Waals surface area contributed by atoms with Crippen molar-refractivity contribution in [3.05, 3.63) is 35.9 Å². The van der Waals surface area contributed by atoms with E-state index in [1.165, 1.54) is 5.56 Å². The zero-order chi connectivity index (χ0) is 9.52. The number of hydrogen-bond donors (Lipinski definition) is 1. The summed E-state index contributed by atoms with van der Waals surface area (Å²) in [5, 5.41) is 0. The Bertz CT molecular complexity index is 217. The SMILES string of the molecule is Cc1ccccc1.N[C@H]1CCOC1. The molecule has 1 atom stereocenters. The standard InChI is InChI=1S/C7H8.C4H9NO/c1-7-5-3-2-4-6-7;5-4-1-2-6-3-4/h2-6H,1H3;4H,1-3,5H2/t;4-/m.0/s1. The van der Waals surface area contributed by atoms with Gasteiger partial charge < -0.3 is 10.5 Å². The number of hydrogen-bond acceptors (Lipinski definition) is 2. The first-order valence-corrected chi connectivity index (χ1v) is 4.64.